The molecule has 1 unspecified atom stereocenters. The molecule has 0 saturated carbocycles. The third-order valence-electron chi connectivity index (χ3n) is 1.03. The van der Waals surface area contributed by atoms with Crippen LogP contribution in [-0.4, -0.2) is 11.2 Å². The van der Waals surface area contributed by atoms with Gasteiger partial charge in [-0.2, -0.15) is 5.90 Å². The topological polar surface area (TPSA) is 55.5 Å². The molecule has 0 radical (unpaired) electrons. The lowest BCUT2D eigenvalue weighted by Gasteiger charge is -2.01. The summed E-state index contributed by atoms with van der Waals surface area (Å²) >= 11 is 0. The predicted molar refractivity (Wildman–Crippen MR) is 35.3 cm³/mol. The van der Waals surface area contributed by atoms with Gasteiger partial charge in [0, 0.05) is 0 Å². The Morgan fingerprint density at radius 1 is 1.89 bits per heavy atom. The second-order valence-corrected chi connectivity index (χ2v) is 1.87. The van der Waals surface area contributed by atoms with Gasteiger partial charge < -0.3 is 9.94 Å². The van der Waals surface area contributed by atoms with E-state index in [0.29, 0.717) is 12.2 Å². The average Bonchev–Trinajstić information content (AvgIpc) is 1.87. The number of allylic oxidation sites excluding steroid dienone is 1. The Morgan fingerprint density at radius 3 is 2.78 bits per heavy atom. The van der Waals surface area contributed by atoms with Crippen LogP contribution < -0.4 is 5.90 Å². The van der Waals surface area contributed by atoms with Crippen molar-refractivity contribution in [3.63, 3.8) is 0 Å². The Morgan fingerprint density at radius 2 is 2.44 bits per heavy atom. The molecule has 3 N–H and O–H groups in total. The highest BCUT2D eigenvalue weighted by atomic mass is 16.6. The van der Waals surface area contributed by atoms with Gasteiger partial charge in [0.05, 0.1) is 6.10 Å². The summed E-state index contributed by atoms with van der Waals surface area (Å²) in [5, 5.41) is 8.95. The average molecular weight is 131 g/mol. The smallest absolute Gasteiger partial charge is 0.119 e. The molecule has 0 aromatic rings. The first-order valence-corrected chi connectivity index (χ1v) is 2.94. The van der Waals surface area contributed by atoms with E-state index < -0.39 is 6.10 Å². The summed E-state index contributed by atoms with van der Waals surface area (Å²) in [6.45, 7) is 3.57. The van der Waals surface area contributed by atoms with Gasteiger partial charge in [-0.05, 0) is 19.4 Å². The molecule has 3 nitrogen and oxygen atoms in total. The van der Waals surface area contributed by atoms with Crippen molar-refractivity contribution in [2.75, 3.05) is 0 Å². The standard InChI is InChI=1S/C6H13NO2/c1-3-6(8)4-5(2)9-7/h4,6,8H,3,7H2,1-2H3/b5-4-. The molecule has 0 bridgehead atoms. The van der Waals surface area contributed by atoms with Crippen LogP contribution in [0.2, 0.25) is 0 Å². The number of nitrogens with two attached hydrogens (primary N) is 1. The molecule has 0 aliphatic carbocycles. The molecule has 0 aliphatic heterocycles. The molecule has 0 aromatic heterocycles. The normalized spacial score (nSPS) is 15.3. The second kappa shape index (κ2) is 4.35. The Bertz CT molecular complexity index is 101. The molecular weight excluding hydrogens is 118 g/mol. The van der Waals surface area contributed by atoms with E-state index in [1.54, 1.807) is 13.0 Å². The molecule has 54 valence electrons. The molecule has 0 spiro atoms. The monoisotopic (exact) mass is 131 g/mol. The molecule has 1 atom stereocenters. The van der Waals surface area contributed by atoms with Gasteiger partial charge in [-0.1, -0.05) is 6.92 Å². The quantitative estimate of drug-likeness (QED) is 0.434. The summed E-state index contributed by atoms with van der Waals surface area (Å²) in [7, 11) is 0. The van der Waals surface area contributed by atoms with Gasteiger partial charge in [-0.3, -0.25) is 0 Å². The van der Waals surface area contributed by atoms with E-state index in [1.807, 2.05) is 6.92 Å². The van der Waals surface area contributed by atoms with Crippen LogP contribution in [0.4, 0.5) is 0 Å². The number of aliphatic hydroxyl groups excluding tert-OH is 1. The van der Waals surface area contributed by atoms with Crippen molar-refractivity contribution < 1.29 is 9.94 Å². The van der Waals surface area contributed by atoms with Crippen LogP contribution in [0.5, 0.6) is 0 Å². The molecule has 0 heterocycles. The van der Waals surface area contributed by atoms with Gasteiger partial charge in [-0.15, -0.1) is 0 Å². The zero-order chi connectivity index (χ0) is 7.28. The fraction of sp³-hybridized carbons (Fsp3) is 0.667. The van der Waals surface area contributed by atoms with Crippen LogP contribution in [0.25, 0.3) is 0 Å². The van der Waals surface area contributed by atoms with Crippen LogP contribution in [0.1, 0.15) is 20.3 Å². The summed E-state index contributed by atoms with van der Waals surface area (Å²) < 4.78 is 0. The summed E-state index contributed by atoms with van der Waals surface area (Å²) in [6, 6.07) is 0. The van der Waals surface area contributed by atoms with Crippen LogP contribution in [-0.2, 0) is 4.84 Å². The minimum Gasteiger partial charge on any atom is -0.417 e. The predicted octanol–water partition coefficient (Wildman–Crippen LogP) is 0.551. The first-order chi connectivity index (χ1) is 4.20. The van der Waals surface area contributed by atoms with Crippen molar-refractivity contribution in [1.29, 1.82) is 0 Å². The fourth-order valence-electron chi connectivity index (χ4n) is 0.428. The van der Waals surface area contributed by atoms with E-state index in [9.17, 15) is 0 Å². The first kappa shape index (κ1) is 8.46. The van der Waals surface area contributed by atoms with Crippen LogP contribution in [0.15, 0.2) is 11.8 Å². The third kappa shape index (κ3) is 4.00. The maximum atomic E-state index is 8.95. The minimum absolute atomic E-state index is 0.437. The zero-order valence-corrected chi connectivity index (χ0v) is 5.79. The highest BCUT2D eigenvalue weighted by molar-refractivity contribution is 4.92. The van der Waals surface area contributed by atoms with Crippen LogP contribution in [0.3, 0.4) is 0 Å². The SMILES string of the molecule is CCC(O)/C=C(/C)ON. The lowest BCUT2D eigenvalue weighted by atomic mass is 10.2. The van der Waals surface area contributed by atoms with E-state index >= 15 is 0 Å². The number of aliphatic hydroxyl groups is 1. The van der Waals surface area contributed by atoms with Gasteiger partial charge in [-0.25, -0.2) is 0 Å². The Balaban J connectivity index is 3.64. The molecule has 9 heavy (non-hydrogen) atoms. The molecule has 0 amide bonds. The van der Waals surface area contributed by atoms with E-state index in [0.717, 1.165) is 0 Å². The largest absolute Gasteiger partial charge is 0.417 e. The van der Waals surface area contributed by atoms with Crippen molar-refractivity contribution in [2.45, 2.75) is 26.4 Å². The van der Waals surface area contributed by atoms with Crippen molar-refractivity contribution in [2.24, 2.45) is 5.90 Å². The highest BCUT2D eigenvalue weighted by Crippen LogP contribution is 1.97. The third-order valence-corrected chi connectivity index (χ3v) is 1.03. The Labute approximate surface area is 55.1 Å². The summed E-state index contributed by atoms with van der Waals surface area (Å²) in [5.41, 5.74) is 0. The molecule has 3 heteroatoms. The summed E-state index contributed by atoms with van der Waals surface area (Å²) in [4.78, 5) is 4.32. The lowest BCUT2D eigenvalue weighted by Crippen LogP contribution is -2.03. The van der Waals surface area contributed by atoms with Gasteiger partial charge in [0.1, 0.15) is 5.76 Å². The Hall–Kier alpha value is -0.540. The number of rotatable bonds is 3. The van der Waals surface area contributed by atoms with E-state index in [4.69, 9.17) is 11.0 Å². The molecular formula is C6H13NO2. The molecule has 0 aliphatic rings. The number of hydrogen-bond acceptors (Lipinski definition) is 3. The van der Waals surface area contributed by atoms with Crippen molar-refractivity contribution in [1.82, 2.24) is 0 Å². The van der Waals surface area contributed by atoms with E-state index in [2.05, 4.69) is 4.84 Å². The van der Waals surface area contributed by atoms with Crippen LogP contribution >= 0.6 is 0 Å². The van der Waals surface area contributed by atoms with Crippen molar-refractivity contribution >= 4 is 0 Å². The minimum atomic E-state index is -0.437. The Kier molecular flexibility index (Phi) is 4.09. The zero-order valence-electron chi connectivity index (χ0n) is 5.79. The van der Waals surface area contributed by atoms with Crippen molar-refractivity contribution in [3.05, 3.63) is 11.8 Å². The molecule has 0 rings (SSSR count). The summed E-state index contributed by atoms with van der Waals surface area (Å²) in [5.74, 6) is 5.34. The van der Waals surface area contributed by atoms with E-state index in [-0.39, 0.29) is 0 Å². The van der Waals surface area contributed by atoms with Gasteiger partial charge in [0.2, 0.25) is 0 Å². The van der Waals surface area contributed by atoms with Crippen LogP contribution in [0, 0.1) is 0 Å². The van der Waals surface area contributed by atoms with E-state index in [1.165, 1.54) is 0 Å². The molecule has 0 fully saturated rings. The number of hydrogen-bond donors (Lipinski definition) is 2. The molecule has 0 aromatic carbocycles. The summed E-state index contributed by atoms with van der Waals surface area (Å²) in [6.07, 6.45) is 1.81. The lowest BCUT2D eigenvalue weighted by molar-refractivity contribution is 0.189. The van der Waals surface area contributed by atoms with Gasteiger partial charge >= 0.3 is 0 Å². The van der Waals surface area contributed by atoms with Gasteiger partial charge in [0.25, 0.3) is 0 Å². The second-order valence-electron chi connectivity index (χ2n) is 1.87. The maximum Gasteiger partial charge on any atom is 0.119 e. The van der Waals surface area contributed by atoms with Crippen molar-refractivity contribution in [3.8, 4) is 0 Å². The molecule has 0 saturated heterocycles. The highest BCUT2D eigenvalue weighted by Gasteiger charge is 1.95. The fourth-order valence-corrected chi connectivity index (χ4v) is 0.428. The maximum absolute atomic E-state index is 8.95. The van der Waals surface area contributed by atoms with Gasteiger partial charge in [0.15, 0.2) is 0 Å². The first-order valence-electron chi connectivity index (χ1n) is 2.94.